The molecule has 0 fully saturated rings. The second kappa shape index (κ2) is 15.4. The zero-order valence-corrected chi connectivity index (χ0v) is 25.3. The summed E-state index contributed by atoms with van der Waals surface area (Å²) in [6.45, 7) is 4.64. The minimum absolute atomic E-state index is 0.0351. The quantitative estimate of drug-likeness (QED) is 0.175. The van der Waals surface area contributed by atoms with E-state index < -0.39 is 5.97 Å². The number of carboxylic acid groups (broad SMARTS) is 1. The molecule has 0 heterocycles. The Morgan fingerprint density at radius 1 is 0.818 bits per heavy atom. The van der Waals surface area contributed by atoms with Gasteiger partial charge in [0, 0.05) is 24.2 Å². The molecule has 1 unspecified atom stereocenters. The van der Waals surface area contributed by atoms with Crippen LogP contribution < -0.4 is 14.8 Å². The van der Waals surface area contributed by atoms with Crippen molar-refractivity contribution in [3.8, 4) is 22.6 Å². The predicted molar refractivity (Wildman–Crippen MR) is 170 cm³/mol. The van der Waals surface area contributed by atoms with Crippen LogP contribution in [-0.4, -0.2) is 54.6 Å². The standard InChI is InChI=1S/C36H38N2O6/c1-4-44-32-19-18-26(24-33(32)43-3)20-22-38(23-21-34(39)40)36(42)31-17-11-9-15-29(31)28-14-8-10-16-30(28)35(41)37-25(2)27-12-6-5-7-13-27/h5-19,24-25H,4,20-23H2,1-3H3,(H,37,41)(H,39,40). The van der Waals surface area contributed by atoms with Gasteiger partial charge in [0.2, 0.25) is 0 Å². The Morgan fingerprint density at radius 2 is 1.45 bits per heavy atom. The molecule has 0 spiro atoms. The Hall–Kier alpha value is -5.11. The number of benzene rings is 4. The van der Waals surface area contributed by atoms with Crippen LogP contribution in [0, 0.1) is 0 Å². The number of carbonyl (C=O) groups excluding carboxylic acids is 2. The number of carbonyl (C=O) groups is 3. The van der Waals surface area contributed by atoms with Crippen molar-refractivity contribution in [2.45, 2.75) is 32.7 Å². The molecule has 228 valence electrons. The van der Waals surface area contributed by atoms with Crippen LogP contribution in [0.4, 0.5) is 0 Å². The van der Waals surface area contributed by atoms with E-state index in [-0.39, 0.29) is 37.4 Å². The van der Waals surface area contributed by atoms with Crippen LogP contribution in [0.2, 0.25) is 0 Å². The summed E-state index contributed by atoms with van der Waals surface area (Å²) in [5.74, 6) is -0.339. The van der Waals surface area contributed by atoms with Gasteiger partial charge in [0.15, 0.2) is 11.5 Å². The molecule has 0 radical (unpaired) electrons. The largest absolute Gasteiger partial charge is 0.493 e. The van der Waals surface area contributed by atoms with Gasteiger partial charge in [0.25, 0.3) is 11.8 Å². The van der Waals surface area contributed by atoms with Gasteiger partial charge in [-0.05, 0) is 66.8 Å². The lowest BCUT2D eigenvalue weighted by molar-refractivity contribution is -0.137. The molecule has 1 atom stereocenters. The minimum atomic E-state index is -0.992. The summed E-state index contributed by atoms with van der Waals surface area (Å²) >= 11 is 0. The molecule has 44 heavy (non-hydrogen) atoms. The number of amides is 2. The molecule has 4 aromatic rings. The second-order valence-electron chi connectivity index (χ2n) is 10.3. The van der Waals surface area contributed by atoms with Crippen molar-refractivity contribution in [1.29, 1.82) is 0 Å². The van der Waals surface area contributed by atoms with Crippen molar-refractivity contribution in [3.63, 3.8) is 0 Å². The van der Waals surface area contributed by atoms with Crippen LogP contribution in [-0.2, 0) is 11.2 Å². The van der Waals surface area contributed by atoms with Crippen LogP contribution in [0.1, 0.15) is 58.2 Å². The average molecular weight is 595 g/mol. The van der Waals surface area contributed by atoms with Crippen LogP contribution >= 0.6 is 0 Å². The first-order valence-electron chi connectivity index (χ1n) is 14.7. The molecule has 8 heteroatoms. The van der Waals surface area contributed by atoms with Gasteiger partial charge >= 0.3 is 5.97 Å². The zero-order chi connectivity index (χ0) is 31.5. The Balaban J connectivity index is 1.61. The molecule has 4 rings (SSSR count). The number of aliphatic carboxylic acids is 1. The molecule has 2 amide bonds. The summed E-state index contributed by atoms with van der Waals surface area (Å²) in [6.07, 6.45) is 0.281. The lowest BCUT2D eigenvalue weighted by Crippen LogP contribution is -2.35. The van der Waals surface area contributed by atoms with Gasteiger partial charge in [0.05, 0.1) is 26.2 Å². The molecule has 0 bridgehead atoms. The van der Waals surface area contributed by atoms with Crippen LogP contribution in [0.5, 0.6) is 11.5 Å². The third-order valence-electron chi connectivity index (χ3n) is 7.35. The van der Waals surface area contributed by atoms with Crippen LogP contribution in [0.15, 0.2) is 97.1 Å². The Kier molecular flexibility index (Phi) is 11.1. The molecule has 0 aliphatic rings. The summed E-state index contributed by atoms with van der Waals surface area (Å²) in [4.78, 5) is 40.6. The third kappa shape index (κ3) is 8.04. The van der Waals surface area contributed by atoms with Gasteiger partial charge in [-0.3, -0.25) is 14.4 Å². The van der Waals surface area contributed by atoms with Crippen molar-refractivity contribution in [2.24, 2.45) is 0 Å². The van der Waals surface area contributed by atoms with Gasteiger partial charge in [-0.15, -0.1) is 0 Å². The second-order valence-corrected chi connectivity index (χ2v) is 10.3. The van der Waals surface area contributed by atoms with Crippen molar-refractivity contribution in [3.05, 3.63) is 119 Å². The number of rotatable bonds is 14. The van der Waals surface area contributed by atoms with E-state index in [2.05, 4.69) is 5.32 Å². The van der Waals surface area contributed by atoms with E-state index in [4.69, 9.17) is 9.47 Å². The normalized spacial score (nSPS) is 11.3. The summed E-state index contributed by atoms with van der Waals surface area (Å²) in [5.41, 5.74) is 3.93. The Bertz CT molecular complexity index is 1590. The molecule has 0 aliphatic carbocycles. The highest BCUT2D eigenvalue weighted by molar-refractivity contribution is 6.06. The number of ether oxygens (including phenoxy) is 2. The zero-order valence-electron chi connectivity index (χ0n) is 25.3. The summed E-state index contributed by atoms with van der Waals surface area (Å²) < 4.78 is 11.1. The van der Waals surface area contributed by atoms with E-state index in [0.717, 1.165) is 11.1 Å². The Labute approximate surface area is 258 Å². The lowest BCUT2D eigenvalue weighted by Gasteiger charge is -2.24. The highest BCUT2D eigenvalue weighted by atomic mass is 16.5. The van der Waals surface area contributed by atoms with E-state index in [1.54, 1.807) is 36.3 Å². The van der Waals surface area contributed by atoms with Crippen LogP contribution in [0.25, 0.3) is 11.1 Å². The molecule has 2 N–H and O–H groups in total. The van der Waals surface area contributed by atoms with E-state index in [1.807, 2.05) is 86.6 Å². The molecular weight excluding hydrogens is 556 g/mol. The number of nitrogens with zero attached hydrogens (tertiary/aromatic N) is 1. The molecule has 0 aliphatic heterocycles. The van der Waals surface area contributed by atoms with Gasteiger partial charge < -0.3 is 24.8 Å². The summed E-state index contributed by atoms with van der Waals surface area (Å²) in [5, 5.41) is 12.5. The van der Waals surface area contributed by atoms with Gasteiger partial charge in [-0.1, -0.05) is 72.8 Å². The van der Waals surface area contributed by atoms with Crippen molar-refractivity contribution >= 4 is 17.8 Å². The lowest BCUT2D eigenvalue weighted by atomic mass is 9.94. The maximum Gasteiger partial charge on any atom is 0.305 e. The predicted octanol–water partition coefficient (Wildman–Crippen LogP) is 6.41. The van der Waals surface area contributed by atoms with Crippen molar-refractivity contribution in [1.82, 2.24) is 10.2 Å². The first-order valence-corrected chi connectivity index (χ1v) is 14.7. The van der Waals surface area contributed by atoms with E-state index in [1.165, 1.54) is 0 Å². The first kappa shape index (κ1) is 31.8. The van der Waals surface area contributed by atoms with Gasteiger partial charge in [0.1, 0.15) is 0 Å². The van der Waals surface area contributed by atoms with Gasteiger partial charge in [-0.25, -0.2) is 0 Å². The van der Waals surface area contributed by atoms with Crippen LogP contribution in [0.3, 0.4) is 0 Å². The van der Waals surface area contributed by atoms with Gasteiger partial charge in [-0.2, -0.15) is 0 Å². The number of carboxylic acids is 1. The van der Waals surface area contributed by atoms with Crippen molar-refractivity contribution < 1.29 is 29.0 Å². The number of hydrogen-bond acceptors (Lipinski definition) is 5. The Morgan fingerprint density at radius 3 is 2.11 bits per heavy atom. The number of methoxy groups -OCH3 is 1. The smallest absolute Gasteiger partial charge is 0.305 e. The topological polar surface area (TPSA) is 105 Å². The van der Waals surface area contributed by atoms with E-state index in [9.17, 15) is 19.5 Å². The molecule has 0 saturated carbocycles. The first-order chi connectivity index (χ1) is 21.3. The fourth-order valence-electron chi connectivity index (χ4n) is 5.04. The monoisotopic (exact) mass is 594 g/mol. The average Bonchev–Trinajstić information content (AvgIpc) is 3.05. The summed E-state index contributed by atoms with van der Waals surface area (Å²) in [6, 6.07) is 29.4. The van der Waals surface area contributed by atoms with E-state index in [0.29, 0.717) is 46.8 Å². The third-order valence-corrected chi connectivity index (χ3v) is 7.35. The molecule has 0 aromatic heterocycles. The molecule has 4 aromatic carbocycles. The number of nitrogens with one attached hydrogen (secondary N) is 1. The van der Waals surface area contributed by atoms with Crippen molar-refractivity contribution in [2.75, 3.05) is 26.8 Å². The summed E-state index contributed by atoms with van der Waals surface area (Å²) in [7, 11) is 1.57. The maximum atomic E-state index is 14.1. The fraction of sp³-hybridized carbons (Fsp3) is 0.250. The fourth-order valence-corrected chi connectivity index (χ4v) is 5.04. The maximum absolute atomic E-state index is 14.1. The highest BCUT2D eigenvalue weighted by Gasteiger charge is 2.23. The molecule has 0 saturated heterocycles. The molecular formula is C36H38N2O6. The van der Waals surface area contributed by atoms with E-state index >= 15 is 0 Å². The molecule has 8 nitrogen and oxygen atoms in total. The SMILES string of the molecule is CCOc1ccc(CCN(CCC(=O)O)C(=O)c2ccccc2-c2ccccc2C(=O)NC(C)c2ccccc2)cc1OC. The number of hydrogen-bond donors (Lipinski definition) is 2. The highest BCUT2D eigenvalue weighted by Crippen LogP contribution is 2.30. The minimum Gasteiger partial charge on any atom is -0.493 e.